The number of hydroxylamine groups is 1. The van der Waals surface area contributed by atoms with Crippen LogP contribution in [0.4, 0.5) is 17.6 Å². The highest BCUT2D eigenvalue weighted by atomic mass is 32.2. The van der Waals surface area contributed by atoms with Crippen molar-refractivity contribution in [1.82, 2.24) is 9.79 Å². The number of nitrogens with one attached hydrogen (secondary N) is 1. The Morgan fingerprint density at radius 1 is 1.24 bits per heavy atom. The number of nitrogens with zero attached hydrogens (tertiary/aromatic N) is 1. The van der Waals surface area contributed by atoms with Crippen LogP contribution in [0, 0.1) is 5.82 Å². The first kappa shape index (κ1) is 25.9. The van der Waals surface area contributed by atoms with E-state index >= 15 is 0 Å². The van der Waals surface area contributed by atoms with Crippen molar-refractivity contribution in [2.24, 2.45) is 0 Å². The summed E-state index contributed by atoms with van der Waals surface area (Å²) in [5, 5.41) is 19.5. The first-order valence-corrected chi connectivity index (χ1v) is 11.5. The summed E-state index contributed by atoms with van der Waals surface area (Å²) in [6, 6.07) is 5.06. The number of alkyl halides is 3. The molecule has 34 heavy (non-hydrogen) atoms. The van der Waals surface area contributed by atoms with E-state index in [1.807, 2.05) is 0 Å². The van der Waals surface area contributed by atoms with Gasteiger partial charge in [0.2, 0.25) is 10.0 Å². The SMILES string of the molecule is C[C@]1(O)CCCN(S(=O)(=O)c2ccc(OCc3cc(F)ccc3C(F)(F)F)cc2)[C@H]1C(=O)NO. The number of amides is 1. The fraction of sp³-hybridized carbons (Fsp3) is 0.381. The van der Waals surface area contributed by atoms with E-state index in [0.29, 0.717) is 18.2 Å². The first-order valence-electron chi connectivity index (χ1n) is 10.0. The zero-order valence-electron chi connectivity index (χ0n) is 17.8. The standard InChI is InChI=1S/C21H22F4N2O6S/c1-20(29)9-2-10-27(18(20)19(28)26-30)34(31,32)16-6-4-15(5-7-16)33-12-13-11-14(22)3-8-17(13)21(23,24)25/h3-8,11,18,29-30H,2,9-10,12H2,1H3,(H,26,28)/t18-,20-/m0/s1. The lowest BCUT2D eigenvalue weighted by Crippen LogP contribution is -2.62. The van der Waals surface area contributed by atoms with E-state index in [2.05, 4.69) is 0 Å². The molecule has 0 bridgehead atoms. The number of aliphatic hydroxyl groups is 1. The molecule has 0 saturated carbocycles. The van der Waals surface area contributed by atoms with Gasteiger partial charge in [-0.3, -0.25) is 10.0 Å². The summed E-state index contributed by atoms with van der Waals surface area (Å²) in [5.74, 6) is -1.94. The second kappa shape index (κ2) is 9.49. The van der Waals surface area contributed by atoms with E-state index in [-0.39, 0.29) is 30.0 Å². The maximum atomic E-state index is 13.4. The summed E-state index contributed by atoms with van der Waals surface area (Å²) in [7, 11) is -4.31. The van der Waals surface area contributed by atoms with E-state index in [4.69, 9.17) is 9.94 Å². The Morgan fingerprint density at radius 3 is 2.47 bits per heavy atom. The van der Waals surface area contributed by atoms with Gasteiger partial charge < -0.3 is 9.84 Å². The van der Waals surface area contributed by atoms with Crippen molar-refractivity contribution >= 4 is 15.9 Å². The van der Waals surface area contributed by atoms with Gasteiger partial charge in [-0.2, -0.15) is 17.5 Å². The molecule has 186 valence electrons. The van der Waals surface area contributed by atoms with Gasteiger partial charge in [0.1, 0.15) is 24.2 Å². The molecule has 1 heterocycles. The quantitative estimate of drug-likeness (QED) is 0.315. The molecule has 1 saturated heterocycles. The monoisotopic (exact) mass is 506 g/mol. The number of hydrogen-bond acceptors (Lipinski definition) is 6. The molecule has 3 N–H and O–H groups in total. The minimum absolute atomic E-state index is 0.0200. The molecular weight excluding hydrogens is 484 g/mol. The van der Waals surface area contributed by atoms with Gasteiger partial charge in [-0.1, -0.05) is 0 Å². The molecule has 0 unspecified atom stereocenters. The molecule has 8 nitrogen and oxygen atoms in total. The predicted molar refractivity (Wildman–Crippen MR) is 110 cm³/mol. The Labute approximate surface area is 192 Å². The van der Waals surface area contributed by atoms with Crippen molar-refractivity contribution in [3.8, 4) is 5.75 Å². The molecule has 13 heteroatoms. The van der Waals surface area contributed by atoms with Crippen LogP contribution in [0.25, 0.3) is 0 Å². The fourth-order valence-electron chi connectivity index (χ4n) is 3.86. The summed E-state index contributed by atoms with van der Waals surface area (Å²) in [6.07, 6.45) is -4.32. The van der Waals surface area contributed by atoms with Crippen molar-refractivity contribution < 1.29 is 45.8 Å². The van der Waals surface area contributed by atoms with Crippen LogP contribution in [0.15, 0.2) is 47.4 Å². The number of hydrogen-bond donors (Lipinski definition) is 3. The van der Waals surface area contributed by atoms with Crippen LogP contribution in [0.3, 0.4) is 0 Å². The molecule has 3 rings (SSSR count). The number of piperidine rings is 1. The van der Waals surface area contributed by atoms with Crippen LogP contribution in [0.1, 0.15) is 30.9 Å². The van der Waals surface area contributed by atoms with E-state index < -0.39 is 57.3 Å². The topological polar surface area (TPSA) is 116 Å². The molecule has 0 radical (unpaired) electrons. The van der Waals surface area contributed by atoms with Gasteiger partial charge >= 0.3 is 6.18 Å². The van der Waals surface area contributed by atoms with E-state index in [1.165, 1.54) is 24.5 Å². The average Bonchev–Trinajstić information content (AvgIpc) is 2.76. The maximum absolute atomic E-state index is 13.4. The largest absolute Gasteiger partial charge is 0.489 e. The fourth-order valence-corrected chi connectivity index (χ4v) is 5.59. The summed E-state index contributed by atoms with van der Waals surface area (Å²) in [4.78, 5) is 11.8. The van der Waals surface area contributed by atoms with E-state index in [0.717, 1.165) is 16.4 Å². The summed E-state index contributed by atoms with van der Waals surface area (Å²) >= 11 is 0. The van der Waals surface area contributed by atoms with Gasteiger partial charge in [-0.15, -0.1) is 0 Å². The molecule has 2 aromatic rings. The second-order valence-electron chi connectivity index (χ2n) is 8.01. The third-order valence-electron chi connectivity index (χ3n) is 5.49. The molecular formula is C21H22F4N2O6S. The van der Waals surface area contributed by atoms with Crippen molar-refractivity contribution in [3.63, 3.8) is 0 Å². The van der Waals surface area contributed by atoms with Crippen molar-refractivity contribution in [3.05, 3.63) is 59.4 Å². The minimum atomic E-state index is -4.71. The normalized spacial score (nSPS) is 21.8. The lowest BCUT2D eigenvalue weighted by atomic mass is 9.87. The second-order valence-corrected chi connectivity index (χ2v) is 9.90. The van der Waals surface area contributed by atoms with Gasteiger partial charge in [0.15, 0.2) is 0 Å². The van der Waals surface area contributed by atoms with Crippen LogP contribution < -0.4 is 10.2 Å². The van der Waals surface area contributed by atoms with Gasteiger partial charge in [-0.05, 0) is 62.2 Å². The van der Waals surface area contributed by atoms with Gasteiger partial charge in [0, 0.05) is 12.1 Å². The third kappa shape index (κ3) is 5.32. The van der Waals surface area contributed by atoms with E-state index in [9.17, 15) is 35.9 Å². The highest BCUT2D eigenvalue weighted by Crippen LogP contribution is 2.34. The Hall–Kier alpha value is -2.74. The molecule has 0 spiro atoms. The summed E-state index contributed by atoms with van der Waals surface area (Å²) < 4.78 is 85.1. The van der Waals surface area contributed by atoms with Crippen molar-refractivity contribution in [2.75, 3.05) is 6.54 Å². The smallest absolute Gasteiger partial charge is 0.416 e. The van der Waals surface area contributed by atoms with Crippen LogP contribution >= 0.6 is 0 Å². The van der Waals surface area contributed by atoms with Crippen molar-refractivity contribution in [1.29, 1.82) is 0 Å². The number of carbonyl (C=O) groups is 1. The molecule has 2 aromatic carbocycles. The number of sulfonamides is 1. The lowest BCUT2D eigenvalue weighted by Gasteiger charge is -2.42. The Balaban J connectivity index is 1.82. The van der Waals surface area contributed by atoms with Gasteiger partial charge in [0.05, 0.1) is 16.1 Å². The first-order chi connectivity index (χ1) is 15.8. The minimum Gasteiger partial charge on any atom is -0.489 e. The highest BCUT2D eigenvalue weighted by Gasteiger charge is 2.49. The Bertz CT molecular complexity index is 1150. The number of halogens is 4. The Kier molecular flexibility index (Phi) is 7.22. The van der Waals surface area contributed by atoms with Crippen LogP contribution in [-0.4, -0.2) is 47.1 Å². The van der Waals surface area contributed by atoms with E-state index in [1.54, 1.807) is 0 Å². The van der Waals surface area contributed by atoms with Gasteiger partial charge in [0.25, 0.3) is 5.91 Å². The lowest BCUT2D eigenvalue weighted by molar-refractivity contribution is -0.145. The molecule has 1 aliphatic rings. The highest BCUT2D eigenvalue weighted by molar-refractivity contribution is 7.89. The molecule has 1 fully saturated rings. The number of rotatable bonds is 6. The zero-order chi connectivity index (χ0) is 25.3. The predicted octanol–water partition coefficient (Wildman–Crippen LogP) is 2.83. The number of carbonyl (C=O) groups excluding carboxylic acids is 1. The molecule has 2 atom stereocenters. The van der Waals surface area contributed by atoms with Crippen LogP contribution in [-0.2, 0) is 27.6 Å². The summed E-state index contributed by atoms with van der Waals surface area (Å²) in [5.41, 5.74) is -1.85. The zero-order valence-corrected chi connectivity index (χ0v) is 18.7. The average molecular weight is 506 g/mol. The molecule has 1 amide bonds. The summed E-state index contributed by atoms with van der Waals surface area (Å²) in [6.45, 7) is 0.578. The van der Waals surface area contributed by atoms with Crippen LogP contribution in [0.5, 0.6) is 5.75 Å². The third-order valence-corrected chi connectivity index (χ3v) is 7.37. The maximum Gasteiger partial charge on any atom is 0.416 e. The van der Waals surface area contributed by atoms with Crippen LogP contribution in [0.2, 0.25) is 0 Å². The molecule has 0 aliphatic carbocycles. The number of benzene rings is 2. The van der Waals surface area contributed by atoms with Crippen molar-refractivity contribution in [2.45, 2.75) is 49.1 Å². The van der Waals surface area contributed by atoms with Gasteiger partial charge in [-0.25, -0.2) is 18.3 Å². The Morgan fingerprint density at radius 2 is 1.88 bits per heavy atom. The molecule has 0 aromatic heterocycles. The number of ether oxygens (including phenoxy) is 1. The molecule has 1 aliphatic heterocycles.